The van der Waals surface area contributed by atoms with Crippen LogP contribution in [0.1, 0.15) is 12.5 Å². The Morgan fingerprint density at radius 3 is 2.79 bits per heavy atom. The molecule has 0 radical (unpaired) electrons. The maximum Gasteiger partial charge on any atom is 0.0637 e. The summed E-state index contributed by atoms with van der Waals surface area (Å²) in [6, 6.07) is 5.86. The number of anilines is 1. The molecule has 0 aliphatic carbocycles. The Labute approximate surface area is 120 Å². The molecule has 0 saturated carbocycles. The lowest BCUT2D eigenvalue weighted by Crippen LogP contribution is -2.31. The molecule has 108 valence electrons. The first-order valence-electron chi connectivity index (χ1n) is 6.57. The number of hydrogen-bond acceptors (Lipinski definition) is 4. The van der Waals surface area contributed by atoms with Gasteiger partial charge in [-0.2, -0.15) is 0 Å². The third-order valence-corrected chi connectivity index (χ3v) is 3.28. The van der Waals surface area contributed by atoms with Crippen molar-refractivity contribution in [3.8, 4) is 0 Å². The van der Waals surface area contributed by atoms with Crippen LogP contribution in [0.4, 0.5) is 5.69 Å². The largest absolute Gasteiger partial charge is 0.395 e. The number of aliphatic hydroxyl groups excluding tert-OH is 1. The Morgan fingerprint density at radius 1 is 1.37 bits per heavy atom. The van der Waals surface area contributed by atoms with Crippen molar-refractivity contribution >= 4 is 17.3 Å². The van der Waals surface area contributed by atoms with Crippen LogP contribution in [-0.4, -0.2) is 45.1 Å². The van der Waals surface area contributed by atoms with Gasteiger partial charge in [-0.3, -0.25) is 0 Å². The first-order chi connectivity index (χ1) is 9.24. The molecule has 5 heteroatoms. The third kappa shape index (κ3) is 4.99. The van der Waals surface area contributed by atoms with E-state index >= 15 is 0 Å². The van der Waals surface area contributed by atoms with Crippen LogP contribution in [0.15, 0.2) is 18.2 Å². The summed E-state index contributed by atoms with van der Waals surface area (Å²) in [7, 11) is 1.68. The van der Waals surface area contributed by atoms with E-state index in [4.69, 9.17) is 16.3 Å². The average molecular weight is 287 g/mol. The van der Waals surface area contributed by atoms with Crippen molar-refractivity contribution in [2.24, 2.45) is 0 Å². The fraction of sp³-hybridized carbons (Fsp3) is 0.571. The predicted molar refractivity (Wildman–Crippen MR) is 80.0 cm³/mol. The van der Waals surface area contributed by atoms with Crippen LogP contribution in [0.25, 0.3) is 0 Å². The van der Waals surface area contributed by atoms with Crippen LogP contribution in [-0.2, 0) is 11.3 Å². The Hall–Kier alpha value is -0.810. The minimum absolute atomic E-state index is 0.108. The Morgan fingerprint density at radius 2 is 2.16 bits per heavy atom. The van der Waals surface area contributed by atoms with Crippen molar-refractivity contribution in [1.82, 2.24) is 5.32 Å². The topological polar surface area (TPSA) is 44.7 Å². The summed E-state index contributed by atoms with van der Waals surface area (Å²) in [6.45, 7) is 5.71. The Kier molecular flexibility index (Phi) is 7.82. The zero-order valence-corrected chi connectivity index (χ0v) is 12.4. The molecular weight excluding hydrogens is 264 g/mol. The predicted octanol–water partition coefficient (Wildman–Crippen LogP) is 1.89. The van der Waals surface area contributed by atoms with E-state index in [9.17, 15) is 5.11 Å². The summed E-state index contributed by atoms with van der Waals surface area (Å²) in [5, 5.41) is 13.2. The SMILES string of the molecule is CCNCc1c(Cl)cccc1N(CCO)CCOC. The molecule has 0 bridgehead atoms. The lowest BCUT2D eigenvalue weighted by molar-refractivity contribution is 0.203. The van der Waals surface area contributed by atoms with E-state index in [1.807, 2.05) is 18.2 Å². The van der Waals surface area contributed by atoms with Gasteiger partial charge in [0.15, 0.2) is 0 Å². The number of benzene rings is 1. The summed E-state index contributed by atoms with van der Waals surface area (Å²) in [4.78, 5) is 2.10. The van der Waals surface area contributed by atoms with Crippen molar-refractivity contribution < 1.29 is 9.84 Å². The minimum atomic E-state index is 0.108. The molecule has 0 spiro atoms. The molecule has 0 heterocycles. The lowest BCUT2D eigenvalue weighted by Gasteiger charge is -2.27. The molecule has 0 aliphatic heterocycles. The molecule has 0 saturated heterocycles. The van der Waals surface area contributed by atoms with Crippen molar-refractivity contribution in [3.05, 3.63) is 28.8 Å². The maximum absolute atomic E-state index is 9.20. The number of hydrogen-bond donors (Lipinski definition) is 2. The van der Waals surface area contributed by atoms with E-state index in [1.54, 1.807) is 7.11 Å². The molecule has 1 rings (SSSR count). The van der Waals surface area contributed by atoms with Crippen molar-refractivity contribution in [3.63, 3.8) is 0 Å². The Balaban J connectivity index is 2.95. The molecular formula is C14H23ClN2O2. The summed E-state index contributed by atoms with van der Waals surface area (Å²) in [5.41, 5.74) is 2.12. The number of methoxy groups -OCH3 is 1. The van der Waals surface area contributed by atoms with Gasteiger partial charge in [-0.15, -0.1) is 0 Å². The number of halogens is 1. The maximum atomic E-state index is 9.20. The van der Waals surface area contributed by atoms with Gasteiger partial charge in [-0.25, -0.2) is 0 Å². The molecule has 1 aromatic rings. The summed E-state index contributed by atoms with van der Waals surface area (Å²) in [5.74, 6) is 0. The monoisotopic (exact) mass is 286 g/mol. The van der Waals surface area contributed by atoms with Gasteiger partial charge < -0.3 is 20.1 Å². The van der Waals surface area contributed by atoms with Gasteiger partial charge in [0.25, 0.3) is 0 Å². The zero-order chi connectivity index (χ0) is 14.1. The van der Waals surface area contributed by atoms with Crippen molar-refractivity contribution in [2.75, 3.05) is 44.9 Å². The number of nitrogens with zero attached hydrogens (tertiary/aromatic N) is 1. The van der Waals surface area contributed by atoms with Crippen LogP contribution in [0.3, 0.4) is 0 Å². The number of nitrogens with one attached hydrogen (secondary N) is 1. The third-order valence-electron chi connectivity index (χ3n) is 2.92. The van der Waals surface area contributed by atoms with E-state index < -0.39 is 0 Å². The molecule has 0 aromatic heterocycles. The summed E-state index contributed by atoms with van der Waals surface area (Å²) < 4.78 is 5.12. The van der Waals surface area contributed by atoms with Gasteiger partial charge in [0.1, 0.15) is 0 Å². The highest BCUT2D eigenvalue weighted by molar-refractivity contribution is 6.31. The second-order valence-electron chi connectivity index (χ2n) is 4.22. The van der Waals surface area contributed by atoms with Crippen molar-refractivity contribution in [1.29, 1.82) is 0 Å². The highest BCUT2D eigenvalue weighted by Gasteiger charge is 2.13. The molecule has 1 aromatic carbocycles. The zero-order valence-electron chi connectivity index (χ0n) is 11.7. The molecule has 0 atom stereocenters. The first kappa shape index (κ1) is 16.2. The first-order valence-corrected chi connectivity index (χ1v) is 6.95. The van der Waals surface area contributed by atoms with Crippen LogP contribution < -0.4 is 10.2 Å². The van der Waals surface area contributed by atoms with Gasteiger partial charge >= 0.3 is 0 Å². The molecule has 4 nitrogen and oxygen atoms in total. The molecule has 0 fully saturated rings. The van der Waals surface area contributed by atoms with E-state index in [0.717, 1.165) is 35.9 Å². The number of aliphatic hydroxyl groups is 1. The van der Waals surface area contributed by atoms with E-state index in [2.05, 4.69) is 17.1 Å². The smallest absolute Gasteiger partial charge is 0.0637 e. The summed E-state index contributed by atoms with van der Waals surface area (Å²) >= 11 is 6.28. The Bertz CT molecular complexity index is 374. The van der Waals surface area contributed by atoms with Crippen LogP contribution >= 0.6 is 11.6 Å². The van der Waals surface area contributed by atoms with Gasteiger partial charge in [0.05, 0.1) is 13.2 Å². The highest BCUT2D eigenvalue weighted by Crippen LogP contribution is 2.27. The van der Waals surface area contributed by atoms with E-state index in [-0.39, 0.29) is 6.61 Å². The number of ether oxygens (including phenoxy) is 1. The second-order valence-corrected chi connectivity index (χ2v) is 4.63. The summed E-state index contributed by atoms with van der Waals surface area (Å²) in [6.07, 6.45) is 0. The van der Waals surface area contributed by atoms with Gasteiger partial charge in [-0.1, -0.05) is 24.6 Å². The second kappa shape index (κ2) is 9.15. The normalized spacial score (nSPS) is 10.7. The molecule has 0 amide bonds. The fourth-order valence-corrected chi connectivity index (χ4v) is 2.18. The lowest BCUT2D eigenvalue weighted by atomic mass is 10.1. The van der Waals surface area contributed by atoms with Crippen LogP contribution in [0.2, 0.25) is 5.02 Å². The molecule has 0 unspecified atom stereocenters. The minimum Gasteiger partial charge on any atom is -0.395 e. The van der Waals surface area contributed by atoms with Crippen LogP contribution in [0, 0.1) is 0 Å². The number of rotatable bonds is 9. The van der Waals surface area contributed by atoms with E-state index in [1.165, 1.54) is 0 Å². The van der Waals surface area contributed by atoms with Crippen LogP contribution in [0.5, 0.6) is 0 Å². The van der Waals surface area contributed by atoms with Gasteiger partial charge in [0.2, 0.25) is 0 Å². The molecule has 0 aliphatic rings. The van der Waals surface area contributed by atoms with Gasteiger partial charge in [0, 0.05) is 43.0 Å². The van der Waals surface area contributed by atoms with Crippen molar-refractivity contribution in [2.45, 2.75) is 13.5 Å². The quantitative estimate of drug-likeness (QED) is 0.728. The average Bonchev–Trinajstić information content (AvgIpc) is 2.42. The van der Waals surface area contributed by atoms with Gasteiger partial charge in [-0.05, 0) is 18.7 Å². The van der Waals surface area contributed by atoms with E-state index in [0.29, 0.717) is 13.2 Å². The standard InChI is InChI=1S/C14H23ClN2O2/c1-3-16-11-12-13(15)5-4-6-14(12)17(7-9-18)8-10-19-2/h4-6,16,18H,3,7-11H2,1-2H3. The highest BCUT2D eigenvalue weighted by atomic mass is 35.5. The molecule has 19 heavy (non-hydrogen) atoms. The molecule has 2 N–H and O–H groups in total. The fourth-order valence-electron chi connectivity index (χ4n) is 1.94.